The molecule has 6 unspecified atom stereocenters. The Labute approximate surface area is 482 Å². The van der Waals surface area contributed by atoms with Crippen LogP contribution in [0, 0.1) is 0 Å². The third kappa shape index (κ3) is 45.2. The number of aliphatic hydroxyl groups excluding tert-OH is 2. The molecule has 6 atom stereocenters. The number of rotatable bonds is 57. The van der Waals surface area contributed by atoms with Crippen LogP contribution in [-0.4, -0.2) is 89.2 Å². The summed E-state index contributed by atoms with van der Waals surface area (Å²) in [5.74, 6) is -3.12. The number of hydrogen-bond donors (Lipinski definition) is 3. The van der Waals surface area contributed by atoms with Gasteiger partial charge in [-0.05, 0) is 51.4 Å². The maximum Gasteiger partial charge on any atom is 0.335 e. The van der Waals surface area contributed by atoms with Crippen LogP contribution in [0.25, 0.3) is 0 Å². The Morgan fingerprint density at radius 2 is 0.797 bits per heavy atom. The molecule has 0 aliphatic carbocycles. The number of carbonyl (C=O) groups excluding carboxylic acids is 3. The average molecular weight is 1120 g/mol. The van der Waals surface area contributed by atoms with Gasteiger partial charge in [-0.25, -0.2) is 4.79 Å². The normalized spacial score (nSPS) is 18.0. The zero-order valence-electron chi connectivity index (χ0n) is 50.9. The van der Waals surface area contributed by atoms with Crippen LogP contribution < -0.4 is 0 Å². The van der Waals surface area contributed by atoms with Gasteiger partial charge in [0.2, 0.25) is 0 Å². The lowest BCUT2D eigenvalue weighted by molar-refractivity contribution is -0.301. The zero-order chi connectivity index (χ0) is 57.5. The molecule has 0 aromatic carbocycles. The van der Waals surface area contributed by atoms with Crippen molar-refractivity contribution in [3.63, 3.8) is 0 Å². The molecule has 0 aromatic heterocycles. The Morgan fingerprint density at radius 3 is 1.22 bits per heavy atom. The molecule has 1 saturated heterocycles. The van der Waals surface area contributed by atoms with Crippen molar-refractivity contribution >= 4 is 23.9 Å². The number of unbranched alkanes of at least 4 members (excludes halogenated alkanes) is 37. The number of esters is 3. The third-order valence-corrected chi connectivity index (χ3v) is 15.2. The lowest BCUT2D eigenvalue weighted by Gasteiger charge is -2.40. The Morgan fingerprint density at radius 1 is 0.430 bits per heavy atom. The number of aliphatic carboxylic acids is 1. The lowest BCUT2D eigenvalue weighted by atomic mass is 9.98. The summed E-state index contributed by atoms with van der Waals surface area (Å²) in [5.41, 5.74) is 0. The molecule has 0 aromatic rings. The van der Waals surface area contributed by atoms with Crippen LogP contribution in [0.3, 0.4) is 0 Å². The Hall–Kier alpha value is -3.06. The summed E-state index contributed by atoms with van der Waals surface area (Å²) in [7, 11) is 0. The molecule has 79 heavy (non-hydrogen) atoms. The standard InChI is InChI=1S/C67H120O12/c1-4-7-10-13-16-19-22-25-27-29-30-32-34-37-40-43-46-49-52-55-61(70)78-65-63(72)62(71)64(66(73)74)79-67(65)76-57-58(77-60(69)54-51-48-45-42-39-35-24-21-18-15-12-9-6-3)56-75-59(68)53-50-47-44-41-38-36-33-31-28-26-23-20-17-14-11-8-5-2/h9,12,18,21,35,39,58,62-65,67,71-72H,4-8,10-11,13-17,19-20,22-34,36-38,40-57H2,1-3H3,(H,73,74)/b12-9-,21-18-,39-35-. The van der Waals surface area contributed by atoms with Gasteiger partial charge in [0.15, 0.2) is 24.6 Å². The number of allylic oxidation sites excluding steroid dienone is 6. The fraction of sp³-hybridized carbons (Fsp3) is 0.851. The SMILES string of the molecule is CC/C=C\C/C=C\C/C=C\CCCCCC(=O)OC(COC(=O)CCCCCCCCCCCCCCCCCCC)COC1OC(C(=O)O)C(O)C(O)C1OC(=O)CCCCCCCCCCCCCCCCCCCCC. The van der Waals surface area contributed by atoms with Crippen molar-refractivity contribution < 1.29 is 58.2 Å². The van der Waals surface area contributed by atoms with E-state index in [-0.39, 0.29) is 25.9 Å². The van der Waals surface area contributed by atoms with Crippen LogP contribution in [0.2, 0.25) is 0 Å². The highest BCUT2D eigenvalue weighted by Gasteiger charge is 2.50. The largest absolute Gasteiger partial charge is 0.479 e. The van der Waals surface area contributed by atoms with Gasteiger partial charge in [0.1, 0.15) is 18.8 Å². The minimum atomic E-state index is -1.90. The van der Waals surface area contributed by atoms with Crippen LogP contribution in [-0.2, 0) is 42.9 Å². The summed E-state index contributed by atoms with van der Waals surface area (Å²) >= 11 is 0. The molecule has 460 valence electrons. The first-order valence-electron chi connectivity index (χ1n) is 33.0. The van der Waals surface area contributed by atoms with E-state index in [9.17, 15) is 34.5 Å². The molecule has 0 bridgehead atoms. The van der Waals surface area contributed by atoms with Crippen molar-refractivity contribution in [1.82, 2.24) is 0 Å². The molecule has 1 heterocycles. The number of carbonyl (C=O) groups is 4. The minimum Gasteiger partial charge on any atom is -0.479 e. The highest BCUT2D eigenvalue weighted by atomic mass is 16.7. The molecule has 12 heteroatoms. The number of aliphatic hydroxyl groups is 2. The van der Waals surface area contributed by atoms with Gasteiger partial charge in [-0.1, -0.05) is 282 Å². The van der Waals surface area contributed by atoms with E-state index in [2.05, 4.69) is 57.2 Å². The molecular weight excluding hydrogens is 997 g/mol. The summed E-state index contributed by atoms with van der Waals surface area (Å²) in [4.78, 5) is 51.3. The van der Waals surface area contributed by atoms with Crippen molar-refractivity contribution in [2.24, 2.45) is 0 Å². The Bertz CT molecular complexity index is 1510. The van der Waals surface area contributed by atoms with Crippen LogP contribution in [0.4, 0.5) is 0 Å². The molecule has 0 saturated carbocycles. The van der Waals surface area contributed by atoms with Gasteiger partial charge < -0.3 is 39.0 Å². The monoisotopic (exact) mass is 1120 g/mol. The summed E-state index contributed by atoms with van der Waals surface area (Å²) in [6.45, 7) is 5.91. The van der Waals surface area contributed by atoms with Crippen molar-refractivity contribution in [3.05, 3.63) is 36.5 Å². The first kappa shape index (κ1) is 74.0. The maximum atomic E-state index is 13.2. The number of carboxylic acids is 1. The van der Waals surface area contributed by atoms with Gasteiger partial charge in [0, 0.05) is 19.3 Å². The maximum absolute atomic E-state index is 13.2. The smallest absolute Gasteiger partial charge is 0.335 e. The molecule has 1 fully saturated rings. The topological polar surface area (TPSA) is 175 Å². The second-order valence-corrected chi connectivity index (χ2v) is 22.7. The summed E-state index contributed by atoms with van der Waals surface area (Å²) in [6.07, 6.45) is 54.0. The summed E-state index contributed by atoms with van der Waals surface area (Å²) in [6, 6.07) is 0. The van der Waals surface area contributed by atoms with Crippen LogP contribution in [0.1, 0.15) is 316 Å². The molecule has 3 N–H and O–H groups in total. The molecule has 0 amide bonds. The minimum absolute atomic E-state index is 0.0632. The fourth-order valence-corrected chi connectivity index (χ4v) is 10.2. The predicted molar refractivity (Wildman–Crippen MR) is 322 cm³/mol. The zero-order valence-corrected chi connectivity index (χ0v) is 50.9. The van der Waals surface area contributed by atoms with E-state index in [1.54, 1.807) is 0 Å². The second kappa shape index (κ2) is 55.5. The molecular formula is C67H120O12. The van der Waals surface area contributed by atoms with Crippen LogP contribution in [0.15, 0.2) is 36.5 Å². The van der Waals surface area contributed by atoms with Crippen LogP contribution in [0.5, 0.6) is 0 Å². The fourth-order valence-electron chi connectivity index (χ4n) is 10.2. The van der Waals surface area contributed by atoms with Crippen LogP contribution >= 0.6 is 0 Å². The summed E-state index contributed by atoms with van der Waals surface area (Å²) < 4.78 is 28.5. The molecule has 1 aliphatic heterocycles. The van der Waals surface area contributed by atoms with E-state index in [1.807, 2.05) is 0 Å². The highest BCUT2D eigenvalue weighted by molar-refractivity contribution is 5.74. The Kier molecular flexibility index (Phi) is 51.9. The number of hydrogen-bond acceptors (Lipinski definition) is 11. The molecule has 1 aliphatic rings. The quantitative estimate of drug-likeness (QED) is 0.0228. The van der Waals surface area contributed by atoms with Gasteiger partial charge in [-0.2, -0.15) is 0 Å². The van der Waals surface area contributed by atoms with Crippen molar-refractivity contribution in [3.8, 4) is 0 Å². The van der Waals surface area contributed by atoms with Gasteiger partial charge in [-0.3, -0.25) is 14.4 Å². The van der Waals surface area contributed by atoms with Crippen molar-refractivity contribution in [1.29, 1.82) is 0 Å². The highest BCUT2D eigenvalue weighted by Crippen LogP contribution is 2.27. The van der Waals surface area contributed by atoms with Crippen molar-refractivity contribution in [2.45, 2.75) is 353 Å². The van der Waals surface area contributed by atoms with Gasteiger partial charge in [0.05, 0.1) is 6.61 Å². The second-order valence-electron chi connectivity index (χ2n) is 22.7. The van der Waals surface area contributed by atoms with Crippen molar-refractivity contribution in [2.75, 3.05) is 13.2 Å². The number of carboxylic acid groups (broad SMARTS) is 1. The first-order valence-corrected chi connectivity index (χ1v) is 33.0. The van der Waals surface area contributed by atoms with E-state index < -0.39 is 67.3 Å². The molecule has 0 radical (unpaired) electrons. The van der Waals surface area contributed by atoms with Gasteiger partial charge in [-0.15, -0.1) is 0 Å². The Balaban J connectivity index is 2.62. The predicted octanol–water partition coefficient (Wildman–Crippen LogP) is 17.6. The van der Waals surface area contributed by atoms with E-state index >= 15 is 0 Å². The van der Waals surface area contributed by atoms with Gasteiger partial charge >= 0.3 is 23.9 Å². The molecule has 1 rings (SSSR count). The van der Waals surface area contributed by atoms with E-state index in [0.29, 0.717) is 19.3 Å². The van der Waals surface area contributed by atoms with E-state index in [4.69, 9.17) is 23.7 Å². The lowest BCUT2D eigenvalue weighted by Crippen LogP contribution is -2.61. The average Bonchev–Trinajstić information content (AvgIpc) is 3.43. The molecule has 12 nitrogen and oxygen atoms in total. The third-order valence-electron chi connectivity index (χ3n) is 15.2. The van der Waals surface area contributed by atoms with Gasteiger partial charge in [0.25, 0.3) is 0 Å². The summed E-state index contributed by atoms with van der Waals surface area (Å²) in [5, 5.41) is 31.6. The first-order chi connectivity index (χ1) is 38.6. The molecule has 0 spiro atoms. The number of ether oxygens (including phenoxy) is 5. The van der Waals surface area contributed by atoms with E-state index in [1.165, 1.54) is 180 Å². The van der Waals surface area contributed by atoms with E-state index in [0.717, 1.165) is 77.0 Å².